The van der Waals surface area contributed by atoms with Crippen LogP contribution in [0.2, 0.25) is 0 Å². The summed E-state index contributed by atoms with van der Waals surface area (Å²) in [5.41, 5.74) is 8.74. The fourth-order valence-corrected chi connectivity index (χ4v) is 5.45. The van der Waals surface area contributed by atoms with Gasteiger partial charge in [0.05, 0.1) is 4.90 Å². The van der Waals surface area contributed by atoms with Crippen molar-refractivity contribution >= 4 is 27.5 Å². The highest BCUT2D eigenvalue weighted by Crippen LogP contribution is 2.33. The van der Waals surface area contributed by atoms with Crippen LogP contribution in [0, 0.1) is 0 Å². The molecule has 1 unspecified atom stereocenters. The van der Waals surface area contributed by atoms with Gasteiger partial charge in [-0.2, -0.15) is 0 Å². The summed E-state index contributed by atoms with van der Waals surface area (Å²) in [6.07, 6.45) is 4.58. The zero-order valence-corrected chi connectivity index (χ0v) is 14.6. The van der Waals surface area contributed by atoms with Crippen molar-refractivity contribution in [3.8, 4) is 0 Å². The molecule has 0 bridgehead atoms. The Bertz CT molecular complexity index is 819. The van der Waals surface area contributed by atoms with E-state index in [9.17, 15) is 8.42 Å². The average Bonchev–Trinajstić information content (AvgIpc) is 2.54. The monoisotopic (exact) mass is 348 g/mol. The molecule has 0 fully saturated rings. The molecule has 4 nitrogen and oxygen atoms in total. The van der Waals surface area contributed by atoms with E-state index in [-0.39, 0.29) is 6.04 Å². The lowest BCUT2D eigenvalue weighted by molar-refractivity contribution is 0.506. The number of benzene rings is 2. The standard InChI is InChI=1S/C17H20N2O2S2/c1-22-16-7-2-3-8-17(16)23(20,21)19-15-6-4-5-12-11-13(18)9-10-14(12)15/h2-3,7-11,15,19H,4-6,18H2,1H3. The van der Waals surface area contributed by atoms with Gasteiger partial charge in [0.25, 0.3) is 0 Å². The minimum absolute atomic E-state index is 0.195. The van der Waals surface area contributed by atoms with Crippen LogP contribution in [-0.2, 0) is 16.4 Å². The maximum absolute atomic E-state index is 12.8. The molecule has 0 aromatic heterocycles. The molecule has 0 saturated carbocycles. The third-order valence-electron chi connectivity index (χ3n) is 4.14. The van der Waals surface area contributed by atoms with Crippen molar-refractivity contribution in [1.82, 2.24) is 4.72 Å². The predicted molar refractivity (Wildman–Crippen MR) is 95.1 cm³/mol. The molecule has 2 aromatic rings. The van der Waals surface area contributed by atoms with Crippen LogP contribution in [0.5, 0.6) is 0 Å². The molecule has 3 N–H and O–H groups in total. The van der Waals surface area contributed by atoms with Crippen LogP contribution in [0.4, 0.5) is 5.69 Å². The highest BCUT2D eigenvalue weighted by atomic mass is 32.2. The first-order valence-corrected chi connectivity index (χ1v) is 10.3. The topological polar surface area (TPSA) is 72.2 Å². The van der Waals surface area contributed by atoms with E-state index in [2.05, 4.69) is 4.72 Å². The van der Waals surface area contributed by atoms with Gasteiger partial charge in [-0.1, -0.05) is 18.2 Å². The molecular weight excluding hydrogens is 328 g/mol. The first kappa shape index (κ1) is 16.4. The third kappa shape index (κ3) is 3.39. The number of rotatable bonds is 4. The van der Waals surface area contributed by atoms with Crippen LogP contribution in [0.3, 0.4) is 0 Å². The summed E-state index contributed by atoms with van der Waals surface area (Å²) in [5.74, 6) is 0. The SMILES string of the molecule is CSc1ccccc1S(=O)(=O)NC1CCCc2cc(N)ccc21. The predicted octanol–water partition coefficient (Wildman–Crippen LogP) is 3.35. The van der Waals surface area contributed by atoms with E-state index >= 15 is 0 Å². The maximum atomic E-state index is 12.8. The number of hydrogen-bond acceptors (Lipinski definition) is 4. The first-order valence-electron chi connectivity index (χ1n) is 7.55. The van der Waals surface area contributed by atoms with Crippen LogP contribution in [0.25, 0.3) is 0 Å². The second kappa shape index (κ2) is 6.55. The summed E-state index contributed by atoms with van der Waals surface area (Å²) in [6.45, 7) is 0. The van der Waals surface area contributed by atoms with Crippen LogP contribution < -0.4 is 10.5 Å². The lowest BCUT2D eigenvalue weighted by atomic mass is 9.88. The Kier molecular flexibility index (Phi) is 4.66. The lowest BCUT2D eigenvalue weighted by Gasteiger charge is -2.26. The Labute approximate surface area is 141 Å². The van der Waals surface area contributed by atoms with Gasteiger partial charge >= 0.3 is 0 Å². The number of fused-ring (bicyclic) bond motifs is 1. The van der Waals surface area contributed by atoms with Gasteiger partial charge in [-0.25, -0.2) is 13.1 Å². The minimum Gasteiger partial charge on any atom is -0.399 e. The molecule has 1 aliphatic rings. The Morgan fingerprint density at radius 2 is 2.00 bits per heavy atom. The number of sulfonamides is 1. The number of nitrogens with two attached hydrogens (primary N) is 1. The number of anilines is 1. The van der Waals surface area contributed by atoms with Gasteiger partial charge < -0.3 is 5.73 Å². The molecule has 3 rings (SSSR count). The van der Waals surface area contributed by atoms with E-state index in [1.54, 1.807) is 12.1 Å². The lowest BCUT2D eigenvalue weighted by Crippen LogP contribution is -2.31. The molecule has 0 amide bonds. The second-order valence-electron chi connectivity index (χ2n) is 5.68. The van der Waals surface area contributed by atoms with Crippen molar-refractivity contribution in [2.24, 2.45) is 0 Å². The number of aryl methyl sites for hydroxylation is 1. The van der Waals surface area contributed by atoms with Crippen LogP contribution >= 0.6 is 11.8 Å². The second-order valence-corrected chi connectivity index (χ2v) is 8.21. The summed E-state index contributed by atoms with van der Waals surface area (Å²) in [5, 5.41) is 0. The van der Waals surface area contributed by atoms with Crippen molar-refractivity contribution in [2.45, 2.75) is 35.1 Å². The van der Waals surface area contributed by atoms with Gasteiger partial charge in [-0.3, -0.25) is 0 Å². The average molecular weight is 348 g/mol. The number of nitrogens with one attached hydrogen (secondary N) is 1. The maximum Gasteiger partial charge on any atom is 0.242 e. The molecule has 0 spiro atoms. The van der Waals surface area contributed by atoms with Crippen LogP contribution in [-0.4, -0.2) is 14.7 Å². The van der Waals surface area contributed by atoms with E-state index in [0.29, 0.717) is 4.90 Å². The van der Waals surface area contributed by atoms with Gasteiger partial charge in [0.1, 0.15) is 0 Å². The van der Waals surface area contributed by atoms with Crippen molar-refractivity contribution in [3.63, 3.8) is 0 Å². The minimum atomic E-state index is -3.56. The van der Waals surface area contributed by atoms with Gasteiger partial charge in [0.15, 0.2) is 0 Å². The highest BCUT2D eigenvalue weighted by molar-refractivity contribution is 7.99. The van der Waals surface area contributed by atoms with E-state index < -0.39 is 10.0 Å². The molecule has 0 saturated heterocycles. The molecule has 0 radical (unpaired) electrons. The zero-order chi connectivity index (χ0) is 16.4. The first-order chi connectivity index (χ1) is 11.0. The molecule has 1 atom stereocenters. The van der Waals surface area contributed by atoms with Crippen molar-refractivity contribution < 1.29 is 8.42 Å². The van der Waals surface area contributed by atoms with Gasteiger partial charge in [-0.15, -0.1) is 11.8 Å². The normalized spacial score (nSPS) is 17.7. The van der Waals surface area contributed by atoms with Gasteiger partial charge in [0, 0.05) is 16.6 Å². The van der Waals surface area contributed by atoms with Crippen LogP contribution in [0.15, 0.2) is 52.3 Å². The fraction of sp³-hybridized carbons (Fsp3) is 0.294. The Morgan fingerprint density at radius 3 is 2.78 bits per heavy atom. The summed E-state index contributed by atoms with van der Waals surface area (Å²) < 4.78 is 28.5. The van der Waals surface area contributed by atoms with E-state index in [1.165, 1.54) is 11.8 Å². The fourth-order valence-electron chi connectivity index (χ4n) is 3.05. The summed E-state index contributed by atoms with van der Waals surface area (Å²) >= 11 is 1.44. The Morgan fingerprint density at radius 1 is 1.22 bits per heavy atom. The van der Waals surface area contributed by atoms with Crippen molar-refractivity contribution in [1.29, 1.82) is 0 Å². The molecule has 1 aliphatic carbocycles. The Hall–Kier alpha value is -1.50. The third-order valence-corrected chi connectivity index (χ3v) is 6.59. The number of thioether (sulfide) groups is 1. The molecule has 122 valence electrons. The number of nitrogen functional groups attached to an aromatic ring is 1. The van der Waals surface area contributed by atoms with Gasteiger partial charge in [-0.05, 0) is 60.9 Å². The Balaban J connectivity index is 1.93. The molecule has 2 aromatic carbocycles. The summed E-state index contributed by atoms with van der Waals surface area (Å²) in [4.78, 5) is 1.10. The van der Waals surface area contributed by atoms with Gasteiger partial charge in [0.2, 0.25) is 10.0 Å². The van der Waals surface area contributed by atoms with E-state index in [4.69, 9.17) is 5.73 Å². The summed E-state index contributed by atoms with van der Waals surface area (Å²) in [7, 11) is -3.56. The molecule has 0 aliphatic heterocycles. The molecule has 0 heterocycles. The molecule has 6 heteroatoms. The zero-order valence-electron chi connectivity index (χ0n) is 13.0. The van der Waals surface area contributed by atoms with Crippen molar-refractivity contribution in [2.75, 3.05) is 12.0 Å². The quantitative estimate of drug-likeness (QED) is 0.656. The van der Waals surface area contributed by atoms with Crippen molar-refractivity contribution in [3.05, 3.63) is 53.6 Å². The molecular formula is C17H20N2O2S2. The van der Waals surface area contributed by atoms with E-state index in [1.807, 2.05) is 36.6 Å². The van der Waals surface area contributed by atoms with Crippen LogP contribution in [0.1, 0.15) is 30.0 Å². The highest BCUT2D eigenvalue weighted by Gasteiger charge is 2.27. The smallest absolute Gasteiger partial charge is 0.242 e. The largest absolute Gasteiger partial charge is 0.399 e. The van der Waals surface area contributed by atoms with E-state index in [0.717, 1.165) is 41.0 Å². The summed E-state index contributed by atoms with van der Waals surface area (Å²) in [6, 6.07) is 12.6. The number of hydrogen-bond donors (Lipinski definition) is 2. The molecule has 23 heavy (non-hydrogen) atoms.